The molecule has 146 valence electrons. The number of amides is 1. The first-order valence-corrected chi connectivity index (χ1v) is 10.00. The van der Waals surface area contributed by atoms with Crippen LogP contribution < -0.4 is 16.6 Å². The van der Waals surface area contributed by atoms with E-state index in [9.17, 15) is 14.4 Å². The van der Waals surface area contributed by atoms with Crippen LogP contribution in [0.3, 0.4) is 0 Å². The lowest BCUT2D eigenvalue weighted by molar-refractivity contribution is 0.0967. The summed E-state index contributed by atoms with van der Waals surface area (Å²) in [5.41, 5.74) is 2.01. The van der Waals surface area contributed by atoms with Gasteiger partial charge in [0, 0.05) is 7.05 Å². The molecule has 4 aromatic rings. The number of aromatic nitrogens is 2. The quantitative estimate of drug-likeness (QED) is 0.567. The molecule has 4 rings (SSSR count). The fraction of sp³-hybridized carbons (Fsp3) is 0.136. The summed E-state index contributed by atoms with van der Waals surface area (Å²) in [6, 6.07) is 16.5. The van der Waals surface area contributed by atoms with Crippen molar-refractivity contribution in [3.8, 4) is 5.69 Å². The van der Waals surface area contributed by atoms with Gasteiger partial charge >= 0.3 is 5.69 Å². The standard InChI is InChI=1S/C22H19N3O3S/c1-14-7-3-4-8-15(14)13-24-17-10-6-5-9-16(17)21(27)25(22(24)28)18-11-12-29-19(18)20(26)23-2/h3-12H,13H2,1-2H3,(H,23,26). The van der Waals surface area contributed by atoms with Gasteiger partial charge in [0.1, 0.15) is 4.88 Å². The fourth-order valence-electron chi connectivity index (χ4n) is 3.41. The third-order valence-corrected chi connectivity index (χ3v) is 5.86. The SMILES string of the molecule is CNC(=O)c1sccc1-n1c(=O)c2ccccc2n(Cc2ccccc2C)c1=O. The lowest BCUT2D eigenvalue weighted by atomic mass is 10.1. The van der Waals surface area contributed by atoms with Gasteiger partial charge in [0.2, 0.25) is 0 Å². The Morgan fingerprint density at radius 1 is 1.03 bits per heavy atom. The third-order valence-electron chi connectivity index (χ3n) is 4.96. The Balaban J connectivity index is 2.04. The Labute approximate surface area is 170 Å². The second-order valence-corrected chi connectivity index (χ2v) is 7.58. The van der Waals surface area contributed by atoms with Crippen molar-refractivity contribution in [2.75, 3.05) is 7.05 Å². The van der Waals surface area contributed by atoms with Crippen molar-refractivity contribution < 1.29 is 4.79 Å². The number of carbonyl (C=O) groups excluding carboxylic acids is 1. The summed E-state index contributed by atoms with van der Waals surface area (Å²) in [4.78, 5) is 39.3. The van der Waals surface area contributed by atoms with Gasteiger partial charge in [0.25, 0.3) is 11.5 Å². The molecule has 1 N–H and O–H groups in total. The number of para-hydroxylation sites is 1. The topological polar surface area (TPSA) is 73.1 Å². The summed E-state index contributed by atoms with van der Waals surface area (Å²) < 4.78 is 2.69. The van der Waals surface area contributed by atoms with E-state index in [1.54, 1.807) is 40.3 Å². The van der Waals surface area contributed by atoms with E-state index in [-0.39, 0.29) is 5.91 Å². The molecule has 2 aromatic heterocycles. The van der Waals surface area contributed by atoms with E-state index in [1.807, 2.05) is 31.2 Å². The van der Waals surface area contributed by atoms with Crippen molar-refractivity contribution in [1.82, 2.24) is 14.5 Å². The van der Waals surface area contributed by atoms with Crippen LogP contribution in [-0.2, 0) is 6.54 Å². The van der Waals surface area contributed by atoms with Gasteiger partial charge in [-0.3, -0.25) is 14.2 Å². The van der Waals surface area contributed by atoms with Crippen LogP contribution in [0.25, 0.3) is 16.6 Å². The monoisotopic (exact) mass is 405 g/mol. The number of hydrogen-bond donors (Lipinski definition) is 1. The van der Waals surface area contributed by atoms with Crippen LogP contribution in [0.4, 0.5) is 0 Å². The average Bonchev–Trinajstić information content (AvgIpc) is 3.21. The van der Waals surface area contributed by atoms with Gasteiger partial charge < -0.3 is 5.32 Å². The van der Waals surface area contributed by atoms with Crippen molar-refractivity contribution in [2.24, 2.45) is 0 Å². The molecule has 0 unspecified atom stereocenters. The molecular formula is C22H19N3O3S. The molecule has 0 aliphatic rings. The highest BCUT2D eigenvalue weighted by Gasteiger charge is 2.20. The number of hydrogen-bond acceptors (Lipinski definition) is 4. The van der Waals surface area contributed by atoms with Gasteiger partial charge in [-0.05, 0) is 41.6 Å². The summed E-state index contributed by atoms with van der Waals surface area (Å²) >= 11 is 1.19. The molecule has 0 spiro atoms. The van der Waals surface area contributed by atoms with E-state index < -0.39 is 11.2 Å². The van der Waals surface area contributed by atoms with Crippen LogP contribution >= 0.6 is 11.3 Å². The molecule has 0 aliphatic carbocycles. The summed E-state index contributed by atoms with van der Waals surface area (Å²) in [5, 5.41) is 4.69. The van der Waals surface area contributed by atoms with Crippen LogP contribution in [0.5, 0.6) is 0 Å². The van der Waals surface area contributed by atoms with Crippen LogP contribution in [0.15, 0.2) is 69.6 Å². The van der Waals surface area contributed by atoms with Crippen LogP contribution in [-0.4, -0.2) is 22.1 Å². The van der Waals surface area contributed by atoms with Crippen molar-refractivity contribution >= 4 is 28.1 Å². The average molecular weight is 405 g/mol. The number of aryl methyl sites for hydroxylation is 1. The number of thiophene rings is 1. The maximum absolute atomic E-state index is 13.5. The summed E-state index contributed by atoms with van der Waals surface area (Å²) in [6.07, 6.45) is 0. The minimum absolute atomic E-state index is 0.300. The Bertz CT molecular complexity index is 1350. The Kier molecular flexibility index (Phi) is 4.90. The van der Waals surface area contributed by atoms with Crippen LogP contribution in [0.2, 0.25) is 0 Å². The maximum Gasteiger partial charge on any atom is 0.336 e. The second-order valence-electron chi connectivity index (χ2n) is 6.67. The van der Waals surface area contributed by atoms with E-state index in [4.69, 9.17) is 0 Å². The third kappa shape index (κ3) is 3.19. The molecular weight excluding hydrogens is 386 g/mol. The number of rotatable bonds is 4. The number of nitrogens with zero attached hydrogens (tertiary/aromatic N) is 2. The molecule has 2 aromatic carbocycles. The Morgan fingerprint density at radius 2 is 1.76 bits per heavy atom. The Morgan fingerprint density at radius 3 is 2.52 bits per heavy atom. The van der Waals surface area contributed by atoms with Crippen molar-refractivity contribution in [3.63, 3.8) is 0 Å². The minimum atomic E-state index is -0.472. The molecule has 2 heterocycles. The molecule has 29 heavy (non-hydrogen) atoms. The largest absolute Gasteiger partial charge is 0.354 e. The smallest absolute Gasteiger partial charge is 0.336 e. The van der Waals surface area contributed by atoms with E-state index in [1.165, 1.54) is 18.4 Å². The number of carbonyl (C=O) groups is 1. The molecule has 0 fully saturated rings. The second kappa shape index (κ2) is 7.52. The first-order valence-electron chi connectivity index (χ1n) is 9.12. The predicted molar refractivity (Wildman–Crippen MR) is 115 cm³/mol. The minimum Gasteiger partial charge on any atom is -0.354 e. The summed E-state index contributed by atoms with van der Waals surface area (Å²) in [5.74, 6) is -0.333. The zero-order chi connectivity index (χ0) is 20.5. The zero-order valence-electron chi connectivity index (χ0n) is 16.0. The summed E-state index contributed by atoms with van der Waals surface area (Å²) in [6.45, 7) is 2.31. The molecule has 0 bridgehead atoms. The van der Waals surface area contributed by atoms with E-state index in [2.05, 4.69) is 5.32 Å². The lowest BCUT2D eigenvalue weighted by Crippen LogP contribution is -2.40. The highest BCUT2D eigenvalue weighted by molar-refractivity contribution is 7.12. The molecule has 6 nitrogen and oxygen atoms in total. The molecule has 0 radical (unpaired) electrons. The van der Waals surface area contributed by atoms with Gasteiger partial charge in [0.15, 0.2) is 0 Å². The van der Waals surface area contributed by atoms with Crippen LogP contribution in [0, 0.1) is 6.92 Å². The normalized spacial score (nSPS) is 11.0. The van der Waals surface area contributed by atoms with E-state index in [0.717, 1.165) is 15.7 Å². The van der Waals surface area contributed by atoms with Gasteiger partial charge in [-0.25, -0.2) is 9.36 Å². The van der Waals surface area contributed by atoms with Crippen molar-refractivity contribution in [3.05, 3.63) is 96.8 Å². The molecule has 1 amide bonds. The van der Waals surface area contributed by atoms with E-state index in [0.29, 0.717) is 28.0 Å². The molecule has 7 heteroatoms. The van der Waals surface area contributed by atoms with Gasteiger partial charge in [-0.1, -0.05) is 36.4 Å². The van der Waals surface area contributed by atoms with Crippen LogP contribution in [0.1, 0.15) is 20.8 Å². The lowest BCUT2D eigenvalue weighted by Gasteiger charge is -2.15. The number of nitrogens with one attached hydrogen (secondary N) is 1. The number of benzene rings is 2. The maximum atomic E-state index is 13.5. The van der Waals surface area contributed by atoms with Crippen molar-refractivity contribution in [1.29, 1.82) is 0 Å². The van der Waals surface area contributed by atoms with Crippen molar-refractivity contribution in [2.45, 2.75) is 13.5 Å². The molecule has 0 saturated heterocycles. The zero-order valence-corrected chi connectivity index (χ0v) is 16.8. The van der Waals surface area contributed by atoms with E-state index >= 15 is 0 Å². The van der Waals surface area contributed by atoms with Gasteiger partial charge in [0.05, 0.1) is 23.1 Å². The first kappa shape index (κ1) is 18.9. The highest BCUT2D eigenvalue weighted by atomic mass is 32.1. The molecule has 0 saturated carbocycles. The highest BCUT2D eigenvalue weighted by Crippen LogP contribution is 2.20. The van der Waals surface area contributed by atoms with Gasteiger partial charge in [-0.2, -0.15) is 0 Å². The Hall–Kier alpha value is -3.45. The number of fused-ring (bicyclic) bond motifs is 1. The first-order chi connectivity index (χ1) is 14.0. The summed E-state index contributed by atoms with van der Waals surface area (Å²) in [7, 11) is 1.52. The molecule has 0 aliphatic heterocycles. The fourth-order valence-corrected chi connectivity index (χ4v) is 4.23. The molecule has 0 atom stereocenters. The predicted octanol–water partition coefficient (Wildman–Crippen LogP) is 2.93. The van der Waals surface area contributed by atoms with Gasteiger partial charge in [-0.15, -0.1) is 11.3 Å².